The fourth-order valence-corrected chi connectivity index (χ4v) is 1.38. The van der Waals surface area contributed by atoms with Crippen LogP contribution in [0.5, 0.6) is 0 Å². The van der Waals surface area contributed by atoms with E-state index in [4.69, 9.17) is 4.74 Å². The maximum atomic E-state index is 5.11. The average molecular weight is 187 g/mol. The first-order valence-electron chi connectivity index (χ1n) is 5.57. The molecule has 13 heavy (non-hydrogen) atoms. The van der Waals surface area contributed by atoms with Gasteiger partial charge in [-0.3, -0.25) is 0 Å². The van der Waals surface area contributed by atoms with Crippen molar-refractivity contribution < 1.29 is 4.74 Å². The number of rotatable bonds is 9. The molecule has 0 aliphatic carbocycles. The molecule has 1 atom stereocenters. The van der Waals surface area contributed by atoms with Crippen LogP contribution in [-0.4, -0.2) is 26.3 Å². The third-order valence-corrected chi connectivity index (χ3v) is 2.32. The van der Waals surface area contributed by atoms with Gasteiger partial charge in [0.05, 0.1) is 6.61 Å². The third kappa shape index (κ3) is 8.26. The Labute approximate surface area is 83.1 Å². The average Bonchev–Trinajstić information content (AvgIpc) is 2.16. The Morgan fingerprint density at radius 2 is 1.92 bits per heavy atom. The van der Waals surface area contributed by atoms with E-state index in [-0.39, 0.29) is 0 Å². The molecule has 0 aromatic rings. The van der Waals surface area contributed by atoms with Crippen LogP contribution in [0.25, 0.3) is 0 Å². The highest BCUT2D eigenvalue weighted by atomic mass is 16.5. The number of unbranched alkanes of at least 4 members (excludes halogenated alkanes) is 3. The Balaban J connectivity index is 3.17. The number of nitrogens with one attached hydrogen (secondary N) is 1. The molecule has 0 radical (unpaired) electrons. The number of hydrogen-bond donors (Lipinski definition) is 1. The van der Waals surface area contributed by atoms with Gasteiger partial charge in [0.25, 0.3) is 0 Å². The van der Waals surface area contributed by atoms with E-state index < -0.39 is 0 Å². The summed E-state index contributed by atoms with van der Waals surface area (Å²) in [5.41, 5.74) is 0. The number of ether oxygens (including phenoxy) is 1. The molecule has 0 rings (SSSR count). The molecule has 1 unspecified atom stereocenters. The zero-order valence-corrected chi connectivity index (χ0v) is 9.44. The van der Waals surface area contributed by atoms with E-state index in [9.17, 15) is 0 Å². The first-order chi connectivity index (χ1) is 6.35. The van der Waals surface area contributed by atoms with Crippen LogP contribution < -0.4 is 5.32 Å². The summed E-state index contributed by atoms with van der Waals surface area (Å²) in [5.74, 6) is 0. The second-order valence-corrected chi connectivity index (χ2v) is 3.58. The van der Waals surface area contributed by atoms with Crippen molar-refractivity contribution in [3.63, 3.8) is 0 Å². The van der Waals surface area contributed by atoms with Crippen molar-refractivity contribution in [2.75, 3.05) is 20.3 Å². The van der Waals surface area contributed by atoms with Gasteiger partial charge >= 0.3 is 0 Å². The fraction of sp³-hybridized carbons (Fsp3) is 1.00. The minimum atomic E-state index is 0.548. The van der Waals surface area contributed by atoms with E-state index in [1.165, 1.54) is 25.7 Å². The van der Waals surface area contributed by atoms with E-state index in [1.807, 2.05) is 0 Å². The molecule has 0 heterocycles. The first kappa shape index (κ1) is 12.9. The summed E-state index contributed by atoms with van der Waals surface area (Å²) in [4.78, 5) is 0. The molecule has 0 aromatic carbocycles. The van der Waals surface area contributed by atoms with Crippen molar-refractivity contribution in [2.24, 2.45) is 0 Å². The summed E-state index contributed by atoms with van der Waals surface area (Å²) in [6.07, 6.45) is 6.49. The highest BCUT2D eigenvalue weighted by Crippen LogP contribution is 1.98. The number of methoxy groups -OCH3 is 1. The largest absolute Gasteiger partial charge is 0.383 e. The Morgan fingerprint density at radius 3 is 2.46 bits per heavy atom. The summed E-state index contributed by atoms with van der Waals surface area (Å²) < 4.78 is 5.11. The van der Waals surface area contributed by atoms with Crippen molar-refractivity contribution >= 4 is 0 Å². The van der Waals surface area contributed by atoms with Crippen LogP contribution in [0.2, 0.25) is 0 Å². The van der Waals surface area contributed by atoms with Crippen LogP contribution in [0.15, 0.2) is 0 Å². The molecular formula is C11H25NO. The quantitative estimate of drug-likeness (QED) is 0.560. The third-order valence-electron chi connectivity index (χ3n) is 2.32. The van der Waals surface area contributed by atoms with Crippen LogP contribution in [-0.2, 0) is 4.74 Å². The van der Waals surface area contributed by atoms with Gasteiger partial charge in [-0.05, 0) is 19.4 Å². The lowest BCUT2D eigenvalue weighted by molar-refractivity contribution is 0.164. The summed E-state index contributed by atoms with van der Waals surface area (Å²) in [7, 11) is 1.77. The van der Waals surface area contributed by atoms with Crippen molar-refractivity contribution in [1.29, 1.82) is 0 Å². The monoisotopic (exact) mass is 187 g/mol. The molecule has 2 heteroatoms. The Hall–Kier alpha value is -0.0800. The van der Waals surface area contributed by atoms with Gasteiger partial charge in [-0.25, -0.2) is 0 Å². The second-order valence-electron chi connectivity index (χ2n) is 3.58. The first-order valence-corrected chi connectivity index (χ1v) is 5.57. The zero-order valence-electron chi connectivity index (χ0n) is 9.44. The summed E-state index contributed by atoms with van der Waals surface area (Å²) in [6, 6.07) is 0.548. The predicted octanol–water partition coefficient (Wildman–Crippen LogP) is 2.58. The molecule has 2 nitrogen and oxygen atoms in total. The number of hydrogen-bond acceptors (Lipinski definition) is 2. The van der Waals surface area contributed by atoms with E-state index >= 15 is 0 Å². The lowest BCUT2D eigenvalue weighted by Gasteiger charge is -2.15. The topological polar surface area (TPSA) is 21.3 Å². The van der Waals surface area contributed by atoms with Crippen LogP contribution in [0.1, 0.15) is 46.0 Å². The van der Waals surface area contributed by atoms with Crippen LogP contribution in [0.4, 0.5) is 0 Å². The zero-order chi connectivity index (χ0) is 9.94. The van der Waals surface area contributed by atoms with Gasteiger partial charge in [0.2, 0.25) is 0 Å². The standard InChI is InChI=1S/C11H25NO/c1-4-6-7-8-9-12-11(5-2)10-13-3/h11-12H,4-10H2,1-3H3. The normalized spacial score (nSPS) is 13.2. The molecule has 0 saturated carbocycles. The van der Waals surface area contributed by atoms with E-state index in [0.29, 0.717) is 6.04 Å². The van der Waals surface area contributed by atoms with Gasteiger partial charge in [0, 0.05) is 13.2 Å². The van der Waals surface area contributed by atoms with Crippen LogP contribution in [0.3, 0.4) is 0 Å². The predicted molar refractivity (Wildman–Crippen MR) is 58.1 cm³/mol. The van der Waals surface area contributed by atoms with Crippen molar-refractivity contribution in [1.82, 2.24) is 5.32 Å². The van der Waals surface area contributed by atoms with Gasteiger partial charge in [0.15, 0.2) is 0 Å². The van der Waals surface area contributed by atoms with Gasteiger partial charge in [0.1, 0.15) is 0 Å². The summed E-state index contributed by atoms with van der Waals surface area (Å²) in [6.45, 7) is 6.42. The van der Waals surface area contributed by atoms with Gasteiger partial charge in [-0.1, -0.05) is 33.1 Å². The molecule has 0 aliphatic rings. The summed E-state index contributed by atoms with van der Waals surface area (Å²) >= 11 is 0. The van der Waals surface area contributed by atoms with Gasteiger partial charge in [-0.2, -0.15) is 0 Å². The van der Waals surface area contributed by atoms with Gasteiger partial charge in [-0.15, -0.1) is 0 Å². The SMILES string of the molecule is CCCCCCNC(CC)COC. The maximum absolute atomic E-state index is 5.11. The molecule has 0 bridgehead atoms. The van der Waals surface area contributed by atoms with Crippen molar-refractivity contribution in [3.05, 3.63) is 0 Å². The van der Waals surface area contributed by atoms with Crippen molar-refractivity contribution in [3.8, 4) is 0 Å². The fourth-order valence-electron chi connectivity index (χ4n) is 1.38. The molecule has 80 valence electrons. The van der Waals surface area contributed by atoms with Gasteiger partial charge < -0.3 is 10.1 Å². The lowest BCUT2D eigenvalue weighted by atomic mass is 10.2. The molecular weight excluding hydrogens is 162 g/mol. The molecule has 0 saturated heterocycles. The molecule has 1 N–H and O–H groups in total. The molecule has 0 amide bonds. The second kappa shape index (κ2) is 10.0. The minimum Gasteiger partial charge on any atom is -0.383 e. The lowest BCUT2D eigenvalue weighted by Crippen LogP contribution is -2.33. The summed E-state index contributed by atoms with van der Waals surface area (Å²) in [5, 5.41) is 3.50. The highest BCUT2D eigenvalue weighted by molar-refractivity contribution is 4.63. The molecule has 0 aliphatic heterocycles. The molecule has 0 spiro atoms. The van der Waals surface area contributed by atoms with E-state index in [0.717, 1.165) is 19.6 Å². The Morgan fingerprint density at radius 1 is 1.15 bits per heavy atom. The van der Waals surface area contributed by atoms with Crippen molar-refractivity contribution in [2.45, 2.75) is 52.0 Å². The van der Waals surface area contributed by atoms with Crippen LogP contribution in [0, 0.1) is 0 Å². The molecule has 0 aromatic heterocycles. The molecule has 0 fully saturated rings. The van der Waals surface area contributed by atoms with E-state index in [1.54, 1.807) is 7.11 Å². The van der Waals surface area contributed by atoms with E-state index in [2.05, 4.69) is 19.2 Å². The smallest absolute Gasteiger partial charge is 0.0615 e. The van der Waals surface area contributed by atoms with Crippen LogP contribution >= 0.6 is 0 Å². The Bertz CT molecular complexity index is 96.1. The highest BCUT2D eigenvalue weighted by Gasteiger charge is 2.02. The minimum absolute atomic E-state index is 0.548. The maximum Gasteiger partial charge on any atom is 0.0615 e. The Kier molecular flexibility index (Phi) is 9.94.